The number of rotatable bonds is 3. The minimum atomic E-state index is -0.224. The standard InChI is InChI=1S/C21H20N2O3/c1-13-5-6-15(20(25)22-16-3-2-4-16)11-19(13)23-10-9-14-7-8-17(24)12-18(14)21(23)26/h5-12,16,24H,2-4H2,1H3,(H,22,25). The molecule has 132 valence electrons. The lowest BCUT2D eigenvalue weighted by atomic mass is 9.93. The smallest absolute Gasteiger partial charge is 0.263 e. The highest BCUT2D eigenvalue weighted by molar-refractivity contribution is 5.95. The molecule has 3 aromatic rings. The topological polar surface area (TPSA) is 71.3 Å². The second kappa shape index (κ2) is 6.33. The Morgan fingerprint density at radius 1 is 1.15 bits per heavy atom. The molecule has 5 nitrogen and oxygen atoms in total. The molecule has 0 atom stereocenters. The second-order valence-corrected chi connectivity index (χ2v) is 6.87. The van der Waals surface area contributed by atoms with Crippen LogP contribution < -0.4 is 10.9 Å². The van der Waals surface area contributed by atoms with Gasteiger partial charge in [0.1, 0.15) is 5.75 Å². The third kappa shape index (κ3) is 2.86. The lowest BCUT2D eigenvalue weighted by Gasteiger charge is -2.26. The van der Waals surface area contributed by atoms with E-state index in [0.717, 1.165) is 30.2 Å². The van der Waals surface area contributed by atoms with Gasteiger partial charge in [-0.1, -0.05) is 12.1 Å². The van der Waals surface area contributed by atoms with E-state index in [9.17, 15) is 14.7 Å². The molecule has 1 aliphatic carbocycles. The third-order valence-corrected chi connectivity index (χ3v) is 5.06. The Kier molecular flexibility index (Phi) is 3.99. The van der Waals surface area contributed by atoms with Gasteiger partial charge >= 0.3 is 0 Å². The number of hydrogen-bond acceptors (Lipinski definition) is 3. The van der Waals surface area contributed by atoms with Gasteiger partial charge in [0.25, 0.3) is 11.5 Å². The van der Waals surface area contributed by atoms with Gasteiger partial charge in [0, 0.05) is 17.8 Å². The van der Waals surface area contributed by atoms with E-state index in [4.69, 9.17) is 0 Å². The van der Waals surface area contributed by atoms with Crippen LogP contribution >= 0.6 is 0 Å². The number of nitrogens with one attached hydrogen (secondary N) is 1. The van der Waals surface area contributed by atoms with Gasteiger partial charge in [-0.15, -0.1) is 0 Å². The summed E-state index contributed by atoms with van der Waals surface area (Å²) in [5.74, 6) is -0.0554. The Hall–Kier alpha value is -3.08. The van der Waals surface area contributed by atoms with E-state index in [1.165, 1.54) is 10.6 Å². The highest BCUT2D eigenvalue weighted by Gasteiger charge is 2.20. The number of phenols is 1. The molecule has 2 aromatic carbocycles. The summed E-state index contributed by atoms with van der Waals surface area (Å²) in [6.45, 7) is 1.90. The molecule has 1 amide bonds. The number of phenolic OH excluding ortho intramolecular Hbond substituents is 1. The van der Waals surface area contributed by atoms with Gasteiger partial charge in [0.2, 0.25) is 0 Å². The largest absolute Gasteiger partial charge is 0.508 e. The first-order valence-corrected chi connectivity index (χ1v) is 8.79. The number of carbonyl (C=O) groups excluding carboxylic acids is 1. The van der Waals surface area contributed by atoms with Crippen molar-refractivity contribution in [3.63, 3.8) is 0 Å². The van der Waals surface area contributed by atoms with Gasteiger partial charge < -0.3 is 10.4 Å². The molecule has 0 saturated heterocycles. The Balaban J connectivity index is 1.78. The van der Waals surface area contributed by atoms with Crippen molar-refractivity contribution in [2.45, 2.75) is 32.2 Å². The van der Waals surface area contributed by atoms with E-state index in [-0.39, 0.29) is 23.3 Å². The molecule has 1 aliphatic rings. The van der Waals surface area contributed by atoms with Crippen molar-refractivity contribution in [1.82, 2.24) is 9.88 Å². The van der Waals surface area contributed by atoms with Crippen molar-refractivity contribution in [3.05, 3.63) is 70.1 Å². The monoisotopic (exact) mass is 348 g/mol. The number of hydrogen-bond donors (Lipinski definition) is 2. The van der Waals surface area contributed by atoms with Crippen LogP contribution in [0.4, 0.5) is 0 Å². The van der Waals surface area contributed by atoms with Crippen molar-refractivity contribution in [1.29, 1.82) is 0 Å². The number of pyridine rings is 1. The molecule has 1 aromatic heterocycles. The maximum Gasteiger partial charge on any atom is 0.263 e. The van der Waals surface area contributed by atoms with Crippen LogP contribution in [0.3, 0.4) is 0 Å². The molecule has 0 radical (unpaired) electrons. The first-order chi connectivity index (χ1) is 12.5. The highest BCUT2D eigenvalue weighted by Crippen LogP contribution is 2.21. The van der Waals surface area contributed by atoms with Gasteiger partial charge in [-0.25, -0.2) is 0 Å². The molecule has 26 heavy (non-hydrogen) atoms. The summed E-state index contributed by atoms with van der Waals surface area (Å²) in [6, 6.07) is 12.2. The molecule has 1 saturated carbocycles. The molecule has 0 aliphatic heterocycles. The molecule has 1 fully saturated rings. The average molecular weight is 348 g/mol. The average Bonchev–Trinajstić information content (AvgIpc) is 2.59. The summed E-state index contributed by atoms with van der Waals surface area (Å²) in [5.41, 5.74) is 1.88. The maximum absolute atomic E-state index is 12.9. The summed E-state index contributed by atoms with van der Waals surface area (Å²) in [4.78, 5) is 25.4. The normalized spacial score (nSPS) is 14.2. The van der Waals surface area contributed by atoms with E-state index in [0.29, 0.717) is 16.6 Å². The summed E-state index contributed by atoms with van der Waals surface area (Å²) in [6.07, 6.45) is 4.91. The van der Waals surface area contributed by atoms with Gasteiger partial charge in [-0.2, -0.15) is 0 Å². The lowest BCUT2D eigenvalue weighted by Crippen LogP contribution is -2.39. The third-order valence-electron chi connectivity index (χ3n) is 5.06. The SMILES string of the molecule is Cc1ccc(C(=O)NC2CCC2)cc1-n1ccc2ccc(O)cc2c1=O. The van der Waals surface area contributed by atoms with E-state index in [1.807, 2.05) is 19.1 Å². The van der Waals surface area contributed by atoms with E-state index in [1.54, 1.807) is 30.5 Å². The number of nitrogens with zero attached hydrogens (tertiary/aromatic N) is 1. The molecular formula is C21H20N2O3. The Morgan fingerprint density at radius 2 is 1.96 bits per heavy atom. The van der Waals surface area contributed by atoms with Crippen molar-refractivity contribution < 1.29 is 9.90 Å². The minimum absolute atomic E-state index is 0.0534. The van der Waals surface area contributed by atoms with Crippen LogP contribution in [0.15, 0.2) is 53.5 Å². The van der Waals surface area contributed by atoms with Gasteiger partial charge in [-0.05, 0) is 67.5 Å². The lowest BCUT2D eigenvalue weighted by molar-refractivity contribution is 0.0917. The number of benzene rings is 2. The van der Waals surface area contributed by atoms with Gasteiger partial charge in [0.15, 0.2) is 0 Å². The summed E-state index contributed by atoms with van der Waals surface area (Å²) < 4.78 is 1.53. The number of aryl methyl sites for hydroxylation is 1. The molecule has 2 N–H and O–H groups in total. The van der Waals surface area contributed by atoms with Crippen molar-refractivity contribution in [2.75, 3.05) is 0 Å². The first-order valence-electron chi connectivity index (χ1n) is 8.79. The van der Waals surface area contributed by atoms with Crippen molar-refractivity contribution in [3.8, 4) is 11.4 Å². The molecule has 5 heteroatoms. The van der Waals surface area contributed by atoms with E-state index >= 15 is 0 Å². The van der Waals surface area contributed by atoms with E-state index in [2.05, 4.69) is 5.32 Å². The zero-order valence-corrected chi connectivity index (χ0v) is 14.5. The van der Waals surface area contributed by atoms with E-state index < -0.39 is 0 Å². The number of amides is 1. The van der Waals surface area contributed by atoms with Gasteiger partial charge in [-0.3, -0.25) is 14.2 Å². The first kappa shape index (κ1) is 16.4. The molecule has 0 unspecified atom stereocenters. The molecule has 4 rings (SSSR count). The van der Waals surface area contributed by atoms with Crippen LogP contribution in [0.2, 0.25) is 0 Å². The maximum atomic E-state index is 12.9. The Morgan fingerprint density at radius 3 is 2.69 bits per heavy atom. The van der Waals surface area contributed by atoms with Crippen LogP contribution in [-0.4, -0.2) is 21.6 Å². The Labute approximate surface area is 150 Å². The van der Waals surface area contributed by atoms with Crippen LogP contribution in [0.1, 0.15) is 35.2 Å². The Bertz CT molecular complexity index is 1060. The quantitative estimate of drug-likeness (QED) is 0.763. The predicted octanol–water partition coefficient (Wildman–Crippen LogP) is 3.29. The molecule has 0 bridgehead atoms. The minimum Gasteiger partial charge on any atom is -0.508 e. The van der Waals surface area contributed by atoms with Crippen LogP contribution in [0.5, 0.6) is 5.75 Å². The number of fused-ring (bicyclic) bond motifs is 1. The highest BCUT2D eigenvalue weighted by atomic mass is 16.3. The van der Waals surface area contributed by atoms with Crippen LogP contribution in [0.25, 0.3) is 16.5 Å². The van der Waals surface area contributed by atoms with Crippen molar-refractivity contribution in [2.24, 2.45) is 0 Å². The van der Waals surface area contributed by atoms with Gasteiger partial charge in [0.05, 0.1) is 11.1 Å². The van der Waals surface area contributed by atoms with Crippen molar-refractivity contribution >= 4 is 16.7 Å². The molecule has 1 heterocycles. The summed E-state index contributed by atoms with van der Waals surface area (Å²) in [5, 5.41) is 13.9. The zero-order chi connectivity index (χ0) is 18.3. The van der Waals surface area contributed by atoms with Crippen LogP contribution in [-0.2, 0) is 0 Å². The molecular weight excluding hydrogens is 328 g/mol. The summed E-state index contributed by atoms with van der Waals surface area (Å²) >= 11 is 0. The fraction of sp³-hybridized carbons (Fsp3) is 0.238. The summed E-state index contributed by atoms with van der Waals surface area (Å²) in [7, 11) is 0. The number of aromatic hydroxyl groups is 1. The number of carbonyl (C=O) groups is 1. The fourth-order valence-electron chi connectivity index (χ4n) is 3.25. The fourth-order valence-corrected chi connectivity index (χ4v) is 3.25. The second-order valence-electron chi connectivity index (χ2n) is 6.87. The predicted molar refractivity (Wildman–Crippen MR) is 101 cm³/mol. The van der Waals surface area contributed by atoms with Crippen LogP contribution in [0, 0.1) is 6.92 Å². The zero-order valence-electron chi connectivity index (χ0n) is 14.5. The molecule has 0 spiro atoms. The number of aromatic nitrogens is 1.